The van der Waals surface area contributed by atoms with Gasteiger partial charge in [-0.05, 0) is 6.07 Å². The second-order valence-electron chi connectivity index (χ2n) is 2.80. The highest BCUT2D eigenvalue weighted by atomic mass is 35.5. The van der Waals surface area contributed by atoms with Crippen molar-refractivity contribution in [1.29, 1.82) is 0 Å². The molecule has 1 aromatic heterocycles. The summed E-state index contributed by atoms with van der Waals surface area (Å²) < 4.78 is 1.07. The number of Topliss-reactive ketones (excluding diaryl/α,β-unsaturated/α-hetero) is 1. The minimum atomic E-state index is 0.0335. The van der Waals surface area contributed by atoms with E-state index in [-0.39, 0.29) is 5.78 Å². The van der Waals surface area contributed by atoms with Crippen molar-refractivity contribution in [3.63, 3.8) is 0 Å². The molecule has 0 unspecified atom stereocenters. The average molecular weight is 241 g/mol. The van der Waals surface area contributed by atoms with Gasteiger partial charge in [0.15, 0.2) is 5.78 Å². The van der Waals surface area contributed by atoms with Crippen LogP contribution in [0.2, 0.25) is 5.02 Å². The Morgan fingerprint density at radius 2 is 1.87 bits per heavy atom. The van der Waals surface area contributed by atoms with Gasteiger partial charge in [-0.25, -0.2) is 0 Å². The van der Waals surface area contributed by atoms with Gasteiger partial charge in [0.25, 0.3) is 0 Å². The first-order valence-electron chi connectivity index (χ1n) is 4.88. The summed E-state index contributed by atoms with van der Waals surface area (Å²) in [4.78, 5) is 11.8. The SMILES string of the molecule is CC.CC(=O)c1sc2ccccc2c1Cl. The zero-order chi connectivity index (χ0) is 11.4. The van der Waals surface area contributed by atoms with E-state index in [1.165, 1.54) is 18.3 Å². The molecule has 0 spiro atoms. The number of hydrogen-bond donors (Lipinski definition) is 0. The standard InChI is InChI=1S/C10H7ClOS.C2H6/c1-6(12)10-9(11)7-4-2-3-5-8(7)13-10;1-2/h2-5H,1H3;1-2H3. The third kappa shape index (κ3) is 2.39. The summed E-state index contributed by atoms with van der Waals surface area (Å²) in [7, 11) is 0. The molecule has 2 rings (SSSR count). The number of carbonyl (C=O) groups is 1. The summed E-state index contributed by atoms with van der Waals surface area (Å²) in [5.74, 6) is 0.0335. The van der Waals surface area contributed by atoms with Crippen molar-refractivity contribution < 1.29 is 4.79 Å². The zero-order valence-electron chi connectivity index (χ0n) is 9.00. The van der Waals surface area contributed by atoms with E-state index in [0.29, 0.717) is 9.90 Å². The number of rotatable bonds is 1. The van der Waals surface area contributed by atoms with Crippen LogP contribution in [0.25, 0.3) is 10.1 Å². The first-order chi connectivity index (χ1) is 7.20. The number of fused-ring (bicyclic) bond motifs is 1. The van der Waals surface area contributed by atoms with Gasteiger partial charge in [-0.2, -0.15) is 0 Å². The van der Waals surface area contributed by atoms with Crippen molar-refractivity contribution in [1.82, 2.24) is 0 Å². The van der Waals surface area contributed by atoms with Crippen LogP contribution < -0.4 is 0 Å². The molecule has 0 aliphatic carbocycles. The Morgan fingerprint density at radius 1 is 1.27 bits per heavy atom. The van der Waals surface area contributed by atoms with Gasteiger partial charge in [-0.1, -0.05) is 43.6 Å². The van der Waals surface area contributed by atoms with Crippen LogP contribution in [0.15, 0.2) is 24.3 Å². The minimum absolute atomic E-state index is 0.0335. The average Bonchev–Trinajstić information content (AvgIpc) is 2.60. The fraction of sp³-hybridized carbons (Fsp3) is 0.250. The van der Waals surface area contributed by atoms with Crippen molar-refractivity contribution in [2.75, 3.05) is 0 Å². The first kappa shape index (κ1) is 12.2. The Hall–Kier alpha value is -0.860. The molecule has 1 nitrogen and oxygen atoms in total. The van der Waals surface area contributed by atoms with E-state index in [2.05, 4.69) is 0 Å². The van der Waals surface area contributed by atoms with Crippen LogP contribution in [0.3, 0.4) is 0 Å². The molecule has 2 aromatic rings. The molecule has 1 heterocycles. The van der Waals surface area contributed by atoms with Crippen molar-refractivity contribution in [2.24, 2.45) is 0 Å². The number of ketones is 1. The van der Waals surface area contributed by atoms with Crippen LogP contribution >= 0.6 is 22.9 Å². The number of hydrogen-bond acceptors (Lipinski definition) is 2. The Balaban J connectivity index is 0.000000531. The molecule has 15 heavy (non-hydrogen) atoms. The summed E-state index contributed by atoms with van der Waals surface area (Å²) in [6.07, 6.45) is 0. The summed E-state index contributed by atoms with van der Waals surface area (Å²) in [6.45, 7) is 5.54. The summed E-state index contributed by atoms with van der Waals surface area (Å²) in [5.41, 5.74) is 0. The molecule has 0 atom stereocenters. The van der Waals surface area contributed by atoms with E-state index in [4.69, 9.17) is 11.6 Å². The molecule has 0 N–H and O–H groups in total. The predicted octanol–water partition coefficient (Wildman–Crippen LogP) is 4.78. The van der Waals surface area contributed by atoms with Crippen LogP contribution in [0.5, 0.6) is 0 Å². The van der Waals surface area contributed by atoms with Crippen molar-refractivity contribution in [3.05, 3.63) is 34.2 Å². The van der Waals surface area contributed by atoms with Gasteiger partial charge < -0.3 is 0 Å². The Morgan fingerprint density at radius 3 is 2.40 bits per heavy atom. The molecule has 0 saturated heterocycles. The molecule has 3 heteroatoms. The molecular weight excluding hydrogens is 228 g/mol. The van der Waals surface area contributed by atoms with Gasteiger partial charge in [0.05, 0.1) is 9.90 Å². The summed E-state index contributed by atoms with van der Waals surface area (Å²) in [5, 5.41) is 1.56. The lowest BCUT2D eigenvalue weighted by Gasteiger charge is -1.88. The molecule has 0 fully saturated rings. The largest absolute Gasteiger partial charge is 0.294 e. The summed E-state index contributed by atoms with van der Waals surface area (Å²) >= 11 is 7.49. The molecule has 0 bridgehead atoms. The van der Waals surface area contributed by atoms with Gasteiger partial charge in [-0.15, -0.1) is 11.3 Å². The van der Waals surface area contributed by atoms with Crippen molar-refractivity contribution >= 4 is 38.8 Å². The van der Waals surface area contributed by atoms with Gasteiger partial charge in [0, 0.05) is 17.0 Å². The molecule has 0 saturated carbocycles. The number of benzene rings is 1. The minimum Gasteiger partial charge on any atom is -0.294 e. The first-order valence-corrected chi connectivity index (χ1v) is 6.07. The maximum atomic E-state index is 11.2. The van der Waals surface area contributed by atoms with E-state index in [1.807, 2.05) is 38.1 Å². The highest BCUT2D eigenvalue weighted by molar-refractivity contribution is 7.21. The monoisotopic (exact) mass is 240 g/mol. The third-order valence-corrected chi connectivity index (χ3v) is 3.63. The molecule has 0 aliphatic rings. The molecule has 0 aliphatic heterocycles. The van der Waals surface area contributed by atoms with Gasteiger partial charge in [-0.3, -0.25) is 4.79 Å². The lowest BCUT2D eigenvalue weighted by Crippen LogP contribution is -1.85. The zero-order valence-corrected chi connectivity index (χ0v) is 10.6. The highest BCUT2D eigenvalue weighted by Crippen LogP contribution is 2.35. The molecule has 0 amide bonds. The van der Waals surface area contributed by atoms with E-state index in [9.17, 15) is 4.79 Å². The molecule has 0 radical (unpaired) electrons. The fourth-order valence-electron chi connectivity index (χ4n) is 1.24. The number of thiophene rings is 1. The van der Waals surface area contributed by atoms with Crippen LogP contribution in [-0.4, -0.2) is 5.78 Å². The van der Waals surface area contributed by atoms with Gasteiger partial charge >= 0.3 is 0 Å². The van der Waals surface area contributed by atoms with Crippen LogP contribution in [-0.2, 0) is 0 Å². The molecule has 80 valence electrons. The highest BCUT2D eigenvalue weighted by Gasteiger charge is 2.12. The van der Waals surface area contributed by atoms with Gasteiger partial charge in [0.1, 0.15) is 0 Å². The third-order valence-electron chi connectivity index (χ3n) is 1.85. The topological polar surface area (TPSA) is 17.1 Å². The second-order valence-corrected chi connectivity index (χ2v) is 4.23. The van der Waals surface area contributed by atoms with Gasteiger partial charge in [0.2, 0.25) is 0 Å². The quantitative estimate of drug-likeness (QED) is 0.656. The van der Waals surface area contributed by atoms with Crippen LogP contribution in [0.1, 0.15) is 30.4 Å². The molecule has 1 aromatic carbocycles. The van der Waals surface area contributed by atoms with E-state index in [1.54, 1.807) is 0 Å². The van der Waals surface area contributed by atoms with Crippen LogP contribution in [0, 0.1) is 0 Å². The lowest BCUT2D eigenvalue weighted by atomic mass is 10.2. The van der Waals surface area contributed by atoms with E-state index < -0.39 is 0 Å². The Labute approximate surface area is 98.7 Å². The maximum Gasteiger partial charge on any atom is 0.171 e. The second kappa shape index (κ2) is 5.29. The van der Waals surface area contributed by atoms with Crippen molar-refractivity contribution in [2.45, 2.75) is 20.8 Å². The number of carbonyl (C=O) groups excluding carboxylic acids is 1. The fourth-order valence-corrected chi connectivity index (χ4v) is 2.70. The maximum absolute atomic E-state index is 11.2. The number of halogens is 1. The normalized spacial score (nSPS) is 9.60. The Kier molecular flexibility index (Phi) is 4.30. The van der Waals surface area contributed by atoms with Crippen LogP contribution in [0.4, 0.5) is 0 Å². The lowest BCUT2D eigenvalue weighted by molar-refractivity contribution is 0.102. The van der Waals surface area contributed by atoms with E-state index in [0.717, 1.165) is 10.1 Å². The predicted molar refractivity (Wildman–Crippen MR) is 68.2 cm³/mol. The Bertz CT molecular complexity index is 473. The smallest absolute Gasteiger partial charge is 0.171 e. The van der Waals surface area contributed by atoms with E-state index >= 15 is 0 Å². The van der Waals surface area contributed by atoms with Crippen molar-refractivity contribution in [3.8, 4) is 0 Å². The summed E-state index contributed by atoms with van der Waals surface area (Å²) in [6, 6.07) is 7.77. The molecular formula is C12H13ClOS.